The number of hydrogen-bond acceptors (Lipinski definition) is 3. The number of amides is 1. The van der Waals surface area contributed by atoms with Crippen molar-refractivity contribution in [3.8, 4) is 5.75 Å². The molecule has 2 aromatic rings. The van der Waals surface area contributed by atoms with Gasteiger partial charge in [0.2, 0.25) is 5.91 Å². The molecule has 128 valence electrons. The van der Waals surface area contributed by atoms with Gasteiger partial charge in [-0.3, -0.25) is 4.79 Å². The van der Waals surface area contributed by atoms with Crippen LogP contribution in [0.5, 0.6) is 5.75 Å². The van der Waals surface area contributed by atoms with E-state index in [1.165, 1.54) is 18.2 Å². The Kier molecular flexibility index (Phi) is 5.87. The summed E-state index contributed by atoms with van der Waals surface area (Å²) in [7, 11) is 0. The second-order valence-corrected chi connectivity index (χ2v) is 5.51. The van der Waals surface area contributed by atoms with Crippen molar-refractivity contribution < 1.29 is 23.8 Å². The maximum atomic E-state index is 13.8. The zero-order chi connectivity index (χ0) is 17.7. The van der Waals surface area contributed by atoms with Gasteiger partial charge in [0.25, 0.3) is 0 Å². The number of rotatable bonds is 6. The van der Waals surface area contributed by atoms with E-state index in [1.54, 1.807) is 19.1 Å². The molecule has 0 bridgehead atoms. The highest BCUT2D eigenvalue weighted by atomic mass is 19.1. The first-order valence-corrected chi connectivity index (χ1v) is 7.61. The predicted octanol–water partition coefficient (Wildman–Crippen LogP) is 2.84. The lowest BCUT2D eigenvalue weighted by Crippen LogP contribution is -2.40. The zero-order valence-electron chi connectivity index (χ0n) is 13.2. The van der Waals surface area contributed by atoms with Gasteiger partial charge in [0, 0.05) is 0 Å². The van der Waals surface area contributed by atoms with Crippen LogP contribution >= 0.6 is 0 Å². The largest absolute Gasteiger partial charge is 0.508 e. The molecule has 2 rings (SSSR count). The smallest absolute Gasteiger partial charge is 0.224 e. The van der Waals surface area contributed by atoms with Gasteiger partial charge in [-0.1, -0.05) is 25.1 Å². The molecule has 4 nitrogen and oxygen atoms in total. The van der Waals surface area contributed by atoms with E-state index >= 15 is 0 Å². The van der Waals surface area contributed by atoms with Crippen LogP contribution in [0.3, 0.4) is 0 Å². The number of carbonyl (C=O) groups is 1. The van der Waals surface area contributed by atoms with Crippen molar-refractivity contribution in [2.45, 2.75) is 31.9 Å². The van der Waals surface area contributed by atoms with E-state index in [4.69, 9.17) is 0 Å². The SMILES string of the molecule is CCC(NC(=O)Cc1cccc(O)c1)C(O)c1c(F)cccc1F. The van der Waals surface area contributed by atoms with Crippen LogP contribution in [0.1, 0.15) is 30.6 Å². The van der Waals surface area contributed by atoms with Crippen molar-refractivity contribution in [2.75, 3.05) is 0 Å². The van der Waals surface area contributed by atoms with Crippen molar-refractivity contribution in [1.29, 1.82) is 0 Å². The molecule has 2 unspecified atom stereocenters. The summed E-state index contributed by atoms with van der Waals surface area (Å²) in [6.45, 7) is 1.70. The second kappa shape index (κ2) is 7.88. The average Bonchev–Trinajstić information content (AvgIpc) is 2.52. The summed E-state index contributed by atoms with van der Waals surface area (Å²) in [6.07, 6.45) is -1.22. The van der Waals surface area contributed by atoms with Crippen LogP contribution in [0, 0.1) is 11.6 Å². The highest BCUT2D eigenvalue weighted by Crippen LogP contribution is 2.25. The molecular weight excluding hydrogens is 316 g/mol. The van der Waals surface area contributed by atoms with Crippen molar-refractivity contribution in [1.82, 2.24) is 5.32 Å². The first kappa shape index (κ1) is 17.9. The summed E-state index contributed by atoms with van der Waals surface area (Å²) >= 11 is 0. The number of aliphatic hydroxyl groups excluding tert-OH is 1. The number of phenols is 1. The van der Waals surface area contributed by atoms with E-state index in [9.17, 15) is 23.8 Å². The van der Waals surface area contributed by atoms with Gasteiger partial charge in [0.15, 0.2) is 0 Å². The Bertz CT molecular complexity index is 701. The number of benzene rings is 2. The summed E-state index contributed by atoms with van der Waals surface area (Å²) in [5.74, 6) is -2.09. The summed E-state index contributed by atoms with van der Waals surface area (Å²) in [5, 5.41) is 22.2. The number of aliphatic hydroxyl groups is 1. The Morgan fingerprint density at radius 2 is 1.79 bits per heavy atom. The normalized spacial score (nSPS) is 13.3. The fourth-order valence-electron chi connectivity index (χ4n) is 2.51. The fourth-order valence-corrected chi connectivity index (χ4v) is 2.51. The minimum absolute atomic E-state index is 0.0165. The van der Waals surface area contributed by atoms with E-state index in [2.05, 4.69) is 5.32 Å². The van der Waals surface area contributed by atoms with E-state index in [0.29, 0.717) is 12.0 Å². The predicted molar refractivity (Wildman–Crippen MR) is 85.4 cm³/mol. The van der Waals surface area contributed by atoms with E-state index in [0.717, 1.165) is 12.1 Å². The molecule has 0 radical (unpaired) electrons. The van der Waals surface area contributed by atoms with E-state index < -0.39 is 35.3 Å². The molecule has 0 aliphatic rings. The minimum Gasteiger partial charge on any atom is -0.508 e. The highest BCUT2D eigenvalue weighted by Gasteiger charge is 2.26. The number of hydrogen-bond donors (Lipinski definition) is 3. The molecule has 24 heavy (non-hydrogen) atoms. The van der Waals surface area contributed by atoms with Crippen LogP contribution < -0.4 is 5.32 Å². The summed E-state index contributed by atoms with van der Waals surface area (Å²) in [4.78, 5) is 12.1. The Balaban J connectivity index is 2.09. The minimum atomic E-state index is -1.50. The average molecular weight is 335 g/mol. The molecule has 2 atom stereocenters. The monoisotopic (exact) mass is 335 g/mol. The number of aromatic hydroxyl groups is 1. The van der Waals surface area contributed by atoms with Crippen molar-refractivity contribution >= 4 is 5.91 Å². The van der Waals surface area contributed by atoms with Crippen molar-refractivity contribution in [3.05, 3.63) is 65.2 Å². The van der Waals surface area contributed by atoms with Crippen LogP contribution in [-0.4, -0.2) is 22.2 Å². The van der Waals surface area contributed by atoms with Gasteiger partial charge >= 0.3 is 0 Å². The standard InChI is InChI=1S/C18H19F2NO3/c1-2-15(18(24)17-13(19)7-4-8-14(17)20)21-16(23)10-11-5-3-6-12(22)9-11/h3-9,15,18,22,24H,2,10H2,1H3,(H,21,23). The molecular formula is C18H19F2NO3. The molecule has 1 amide bonds. The zero-order valence-corrected chi connectivity index (χ0v) is 13.2. The molecule has 0 heterocycles. The lowest BCUT2D eigenvalue weighted by molar-refractivity contribution is -0.122. The second-order valence-electron chi connectivity index (χ2n) is 5.51. The number of carbonyl (C=O) groups excluding carboxylic acids is 1. The van der Waals surface area contributed by atoms with E-state index in [1.807, 2.05) is 0 Å². The van der Waals surface area contributed by atoms with Crippen LogP contribution in [0.2, 0.25) is 0 Å². The third-order valence-corrected chi connectivity index (χ3v) is 3.74. The maximum Gasteiger partial charge on any atom is 0.224 e. The number of nitrogens with one attached hydrogen (secondary N) is 1. The van der Waals surface area contributed by atoms with Gasteiger partial charge in [0.1, 0.15) is 23.5 Å². The summed E-state index contributed by atoms with van der Waals surface area (Å²) < 4.78 is 27.6. The molecule has 0 fully saturated rings. The Hall–Kier alpha value is -2.47. The first-order valence-electron chi connectivity index (χ1n) is 7.61. The molecule has 6 heteroatoms. The van der Waals surface area contributed by atoms with Gasteiger partial charge < -0.3 is 15.5 Å². The third kappa shape index (κ3) is 4.29. The molecule has 0 saturated heterocycles. The van der Waals surface area contributed by atoms with Gasteiger partial charge in [-0.2, -0.15) is 0 Å². The summed E-state index contributed by atoms with van der Waals surface area (Å²) in [5.41, 5.74) is 0.135. The Morgan fingerprint density at radius 3 is 2.38 bits per heavy atom. The lowest BCUT2D eigenvalue weighted by Gasteiger charge is -2.24. The summed E-state index contributed by atoms with van der Waals surface area (Å²) in [6, 6.07) is 8.72. The number of phenolic OH excluding ortho intramolecular Hbond substituents is 1. The van der Waals surface area contributed by atoms with Crippen LogP contribution in [0.4, 0.5) is 8.78 Å². The molecule has 0 aliphatic heterocycles. The molecule has 2 aromatic carbocycles. The van der Waals surface area contributed by atoms with E-state index in [-0.39, 0.29) is 12.2 Å². The lowest BCUT2D eigenvalue weighted by atomic mass is 9.98. The molecule has 3 N–H and O–H groups in total. The van der Waals surface area contributed by atoms with Gasteiger partial charge in [-0.05, 0) is 36.2 Å². The van der Waals surface area contributed by atoms with Crippen LogP contribution in [0.25, 0.3) is 0 Å². The topological polar surface area (TPSA) is 69.6 Å². The van der Waals surface area contributed by atoms with Gasteiger partial charge in [-0.15, -0.1) is 0 Å². The van der Waals surface area contributed by atoms with Gasteiger partial charge in [0.05, 0.1) is 18.0 Å². The van der Waals surface area contributed by atoms with Crippen LogP contribution in [-0.2, 0) is 11.2 Å². The maximum absolute atomic E-state index is 13.8. The molecule has 0 aliphatic carbocycles. The first-order chi connectivity index (χ1) is 11.4. The fraction of sp³-hybridized carbons (Fsp3) is 0.278. The quantitative estimate of drug-likeness (QED) is 0.760. The molecule has 0 saturated carbocycles. The Morgan fingerprint density at radius 1 is 1.17 bits per heavy atom. The Labute approximate surface area is 138 Å². The third-order valence-electron chi connectivity index (χ3n) is 3.74. The van der Waals surface area contributed by atoms with Crippen molar-refractivity contribution in [3.63, 3.8) is 0 Å². The highest BCUT2D eigenvalue weighted by molar-refractivity contribution is 5.79. The van der Waals surface area contributed by atoms with Crippen LogP contribution in [0.15, 0.2) is 42.5 Å². The van der Waals surface area contributed by atoms with Gasteiger partial charge in [-0.25, -0.2) is 8.78 Å². The molecule has 0 aromatic heterocycles. The number of halogens is 2. The van der Waals surface area contributed by atoms with Crippen molar-refractivity contribution in [2.24, 2.45) is 0 Å². The molecule has 0 spiro atoms.